The third-order valence-electron chi connectivity index (χ3n) is 2.95. The van der Waals surface area contributed by atoms with Gasteiger partial charge in [-0.25, -0.2) is 0 Å². The number of amides is 1. The van der Waals surface area contributed by atoms with Crippen molar-refractivity contribution in [3.63, 3.8) is 0 Å². The van der Waals surface area contributed by atoms with Crippen molar-refractivity contribution < 1.29 is 4.79 Å². The third-order valence-corrected chi connectivity index (χ3v) is 2.95. The Balaban J connectivity index is 2.01. The SMILES string of the molecule is CCN(C)CCNCC(=O)N1CCCC1. The first-order chi connectivity index (χ1) is 7.24. The molecule has 88 valence electrons. The van der Waals surface area contributed by atoms with E-state index in [9.17, 15) is 4.79 Å². The van der Waals surface area contributed by atoms with Crippen molar-refractivity contribution in [2.45, 2.75) is 19.8 Å². The van der Waals surface area contributed by atoms with E-state index in [1.54, 1.807) is 0 Å². The van der Waals surface area contributed by atoms with Crippen LogP contribution in [0.15, 0.2) is 0 Å². The Kier molecular flexibility index (Phi) is 5.65. The van der Waals surface area contributed by atoms with Crippen LogP contribution in [0.3, 0.4) is 0 Å². The van der Waals surface area contributed by atoms with Crippen LogP contribution >= 0.6 is 0 Å². The van der Waals surface area contributed by atoms with Gasteiger partial charge in [-0.2, -0.15) is 0 Å². The normalized spacial score (nSPS) is 16.3. The molecule has 0 aliphatic carbocycles. The molecular weight excluding hydrogens is 190 g/mol. The van der Waals surface area contributed by atoms with Gasteiger partial charge in [0.2, 0.25) is 5.91 Å². The van der Waals surface area contributed by atoms with Crippen molar-refractivity contribution in [3.05, 3.63) is 0 Å². The van der Waals surface area contributed by atoms with Gasteiger partial charge in [0.1, 0.15) is 0 Å². The molecule has 0 bridgehead atoms. The molecule has 4 heteroatoms. The highest BCUT2D eigenvalue weighted by molar-refractivity contribution is 5.78. The molecule has 1 saturated heterocycles. The fraction of sp³-hybridized carbons (Fsp3) is 0.909. The van der Waals surface area contributed by atoms with Gasteiger partial charge in [0.25, 0.3) is 0 Å². The zero-order valence-corrected chi connectivity index (χ0v) is 9.96. The van der Waals surface area contributed by atoms with Crippen LogP contribution < -0.4 is 5.32 Å². The minimum absolute atomic E-state index is 0.256. The Morgan fingerprint density at radius 3 is 2.67 bits per heavy atom. The third kappa shape index (κ3) is 4.62. The Bertz CT molecular complexity index is 190. The average Bonchev–Trinajstić information content (AvgIpc) is 2.77. The molecule has 1 aliphatic heterocycles. The van der Waals surface area contributed by atoms with Crippen LogP contribution in [0, 0.1) is 0 Å². The Labute approximate surface area is 92.6 Å². The topological polar surface area (TPSA) is 35.6 Å². The summed E-state index contributed by atoms with van der Waals surface area (Å²) in [7, 11) is 2.09. The van der Waals surface area contributed by atoms with Gasteiger partial charge in [0, 0.05) is 26.2 Å². The van der Waals surface area contributed by atoms with Gasteiger partial charge in [-0.3, -0.25) is 4.79 Å². The molecule has 0 spiro atoms. The number of hydrogen-bond donors (Lipinski definition) is 1. The molecule has 0 unspecified atom stereocenters. The summed E-state index contributed by atoms with van der Waals surface area (Å²) in [5.41, 5.74) is 0. The van der Waals surface area contributed by atoms with Gasteiger partial charge in [-0.05, 0) is 26.4 Å². The van der Waals surface area contributed by atoms with Gasteiger partial charge in [0.15, 0.2) is 0 Å². The maximum atomic E-state index is 11.6. The largest absolute Gasteiger partial charge is 0.342 e. The molecule has 4 nitrogen and oxygen atoms in total. The van der Waals surface area contributed by atoms with Crippen molar-refractivity contribution in [3.8, 4) is 0 Å². The van der Waals surface area contributed by atoms with Crippen LogP contribution in [0.25, 0.3) is 0 Å². The van der Waals surface area contributed by atoms with E-state index in [4.69, 9.17) is 0 Å². The second-order valence-corrected chi connectivity index (χ2v) is 4.16. The predicted octanol–water partition coefficient (Wildman–Crippen LogP) is 0.150. The zero-order chi connectivity index (χ0) is 11.1. The lowest BCUT2D eigenvalue weighted by atomic mass is 10.4. The highest BCUT2D eigenvalue weighted by Crippen LogP contribution is 2.06. The molecule has 0 aromatic heterocycles. The van der Waals surface area contributed by atoms with Crippen LogP contribution in [0.2, 0.25) is 0 Å². The molecule has 1 amide bonds. The summed E-state index contributed by atoms with van der Waals surface area (Å²) in [5, 5.41) is 3.19. The monoisotopic (exact) mass is 213 g/mol. The number of likely N-dealkylation sites (tertiary alicyclic amines) is 1. The first-order valence-corrected chi connectivity index (χ1v) is 5.91. The van der Waals surface area contributed by atoms with E-state index >= 15 is 0 Å². The maximum Gasteiger partial charge on any atom is 0.236 e. The molecule has 0 aromatic rings. The van der Waals surface area contributed by atoms with E-state index in [1.807, 2.05) is 4.90 Å². The molecule has 1 heterocycles. The van der Waals surface area contributed by atoms with Gasteiger partial charge >= 0.3 is 0 Å². The highest BCUT2D eigenvalue weighted by Gasteiger charge is 2.16. The lowest BCUT2D eigenvalue weighted by Crippen LogP contribution is -2.38. The maximum absolute atomic E-state index is 11.6. The predicted molar refractivity (Wildman–Crippen MR) is 61.9 cm³/mol. The highest BCUT2D eigenvalue weighted by atomic mass is 16.2. The second-order valence-electron chi connectivity index (χ2n) is 4.16. The number of likely N-dealkylation sites (N-methyl/N-ethyl adjacent to an activating group) is 1. The van der Waals surface area contributed by atoms with E-state index in [0.29, 0.717) is 6.54 Å². The number of carbonyl (C=O) groups is 1. The number of hydrogen-bond acceptors (Lipinski definition) is 3. The molecule has 1 N–H and O–H groups in total. The minimum Gasteiger partial charge on any atom is -0.342 e. The fourth-order valence-electron chi connectivity index (χ4n) is 1.70. The Morgan fingerprint density at radius 1 is 1.40 bits per heavy atom. The summed E-state index contributed by atoms with van der Waals surface area (Å²) in [5.74, 6) is 0.256. The lowest BCUT2D eigenvalue weighted by molar-refractivity contribution is -0.129. The molecule has 0 radical (unpaired) electrons. The molecule has 1 rings (SSSR count). The molecule has 15 heavy (non-hydrogen) atoms. The summed E-state index contributed by atoms with van der Waals surface area (Å²) in [6.07, 6.45) is 2.34. The Morgan fingerprint density at radius 2 is 2.07 bits per heavy atom. The minimum atomic E-state index is 0.256. The smallest absolute Gasteiger partial charge is 0.236 e. The summed E-state index contributed by atoms with van der Waals surface area (Å²) in [6.45, 7) is 7.49. The van der Waals surface area contributed by atoms with Gasteiger partial charge in [-0.15, -0.1) is 0 Å². The van der Waals surface area contributed by atoms with Crippen LogP contribution in [0.4, 0.5) is 0 Å². The molecule has 1 fully saturated rings. The van der Waals surface area contributed by atoms with Crippen molar-refractivity contribution in [1.82, 2.24) is 15.1 Å². The van der Waals surface area contributed by atoms with Crippen molar-refractivity contribution >= 4 is 5.91 Å². The fourth-order valence-corrected chi connectivity index (χ4v) is 1.70. The van der Waals surface area contributed by atoms with Crippen molar-refractivity contribution in [2.75, 3.05) is 46.3 Å². The van der Waals surface area contributed by atoms with Crippen molar-refractivity contribution in [2.24, 2.45) is 0 Å². The standard InChI is InChI=1S/C11H23N3O/c1-3-13(2)9-6-12-10-11(15)14-7-4-5-8-14/h12H,3-10H2,1-2H3. The van der Waals surface area contributed by atoms with E-state index in [1.165, 1.54) is 12.8 Å². The summed E-state index contributed by atoms with van der Waals surface area (Å²) < 4.78 is 0. The van der Waals surface area contributed by atoms with E-state index < -0.39 is 0 Å². The molecular formula is C11H23N3O. The summed E-state index contributed by atoms with van der Waals surface area (Å²) >= 11 is 0. The van der Waals surface area contributed by atoms with Crippen molar-refractivity contribution in [1.29, 1.82) is 0 Å². The van der Waals surface area contributed by atoms with E-state index in [-0.39, 0.29) is 5.91 Å². The number of rotatable bonds is 6. The number of nitrogens with zero attached hydrogens (tertiary/aromatic N) is 2. The van der Waals surface area contributed by atoms with Crippen LogP contribution in [-0.4, -0.2) is 62.0 Å². The van der Waals surface area contributed by atoms with Gasteiger partial charge in [-0.1, -0.05) is 6.92 Å². The van der Waals surface area contributed by atoms with Gasteiger partial charge in [0.05, 0.1) is 6.54 Å². The quantitative estimate of drug-likeness (QED) is 0.638. The first kappa shape index (κ1) is 12.5. The second kappa shape index (κ2) is 6.80. The van der Waals surface area contributed by atoms with E-state index in [2.05, 4.69) is 24.2 Å². The Hall–Kier alpha value is -0.610. The number of carbonyl (C=O) groups excluding carboxylic acids is 1. The van der Waals surface area contributed by atoms with Crippen LogP contribution in [0.5, 0.6) is 0 Å². The lowest BCUT2D eigenvalue weighted by Gasteiger charge is -2.17. The van der Waals surface area contributed by atoms with Gasteiger partial charge < -0.3 is 15.1 Å². The molecule has 0 saturated carbocycles. The van der Waals surface area contributed by atoms with E-state index in [0.717, 1.165) is 32.7 Å². The summed E-state index contributed by atoms with van der Waals surface area (Å²) in [6, 6.07) is 0. The summed E-state index contributed by atoms with van der Waals surface area (Å²) in [4.78, 5) is 15.8. The average molecular weight is 213 g/mol. The first-order valence-electron chi connectivity index (χ1n) is 5.91. The van der Waals surface area contributed by atoms with Crippen LogP contribution in [0.1, 0.15) is 19.8 Å². The zero-order valence-electron chi connectivity index (χ0n) is 9.96. The molecule has 0 atom stereocenters. The van der Waals surface area contributed by atoms with Crippen LogP contribution in [-0.2, 0) is 4.79 Å². The number of nitrogens with one attached hydrogen (secondary N) is 1. The molecule has 1 aliphatic rings. The molecule has 0 aromatic carbocycles.